The van der Waals surface area contributed by atoms with E-state index in [9.17, 15) is 13.2 Å². The number of rotatable bonds is 5. The molecule has 5 rings (SSSR count). The number of nitrogens with zero attached hydrogens (tertiary/aromatic N) is 4. The maximum Gasteiger partial charge on any atom is 0.256 e. The molecule has 0 spiro atoms. The minimum absolute atomic E-state index is 0.0280. The van der Waals surface area contributed by atoms with E-state index >= 15 is 0 Å². The average molecular weight is 490 g/mol. The van der Waals surface area contributed by atoms with Crippen LogP contribution in [0.2, 0.25) is 0 Å². The van der Waals surface area contributed by atoms with Crippen molar-refractivity contribution in [3.63, 3.8) is 0 Å². The number of nitrogens with one attached hydrogen (secondary N) is 1. The van der Waals surface area contributed by atoms with Crippen molar-refractivity contribution in [2.75, 3.05) is 35.8 Å². The first-order chi connectivity index (χ1) is 16.7. The Hall–Kier alpha value is -3.72. The third-order valence-corrected chi connectivity index (χ3v) is 8.10. The fraction of sp³-hybridized carbons (Fsp3) is 0.269. The van der Waals surface area contributed by atoms with Gasteiger partial charge in [-0.25, -0.2) is 18.1 Å². The molecule has 1 aliphatic heterocycles. The number of benzene rings is 2. The smallest absolute Gasteiger partial charge is 0.256 e. The largest absolute Gasteiger partial charge is 0.378 e. The van der Waals surface area contributed by atoms with Crippen LogP contribution in [0.25, 0.3) is 22.3 Å². The van der Waals surface area contributed by atoms with Crippen LogP contribution in [0.1, 0.15) is 28.5 Å². The molecule has 0 saturated carbocycles. The molecule has 35 heavy (non-hydrogen) atoms. The van der Waals surface area contributed by atoms with Gasteiger partial charge in [0, 0.05) is 31.0 Å². The van der Waals surface area contributed by atoms with E-state index in [1.165, 1.54) is 0 Å². The summed E-state index contributed by atoms with van der Waals surface area (Å²) in [4.78, 5) is 20.4. The van der Waals surface area contributed by atoms with Crippen molar-refractivity contribution in [2.45, 2.75) is 19.4 Å². The number of sulfone groups is 1. The van der Waals surface area contributed by atoms with E-state index in [2.05, 4.69) is 10.4 Å². The summed E-state index contributed by atoms with van der Waals surface area (Å²) in [6, 6.07) is 18.7. The van der Waals surface area contributed by atoms with Crippen LogP contribution in [0, 0.1) is 6.92 Å². The Bertz CT molecular complexity index is 1510. The number of anilines is 2. The van der Waals surface area contributed by atoms with Gasteiger partial charge in [0.15, 0.2) is 15.5 Å². The van der Waals surface area contributed by atoms with Gasteiger partial charge in [-0.15, -0.1) is 0 Å². The van der Waals surface area contributed by atoms with Crippen LogP contribution < -0.4 is 10.2 Å². The molecule has 0 bridgehead atoms. The Kier molecular flexibility index (Phi) is 5.80. The minimum Gasteiger partial charge on any atom is -0.378 e. The molecule has 4 aromatic rings. The van der Waals surface area contributed by atoms with Gasteiger partial charge >= 0.3 is 0 Å². The Labute approximate surface area is 204 Å². The second-order valence-corrected chi connectivity index (χ2v) is 11.3. The van der Waals surface area contributed by atoms with Crippen molar-refractivity contribution in [3.05, 3.63) is 71.9 Å². The summed E-state index contributed by atoms with van der Waals surface area (Å²) in [5.41, 5.74) is 4.83. The number of fused-ring (bicyclic) bond motifs is 1. The van der Waals surface area contributed by atoms with E-state index in [4.69, 9.17) is 4.98 Å². The first-order valence-corrected chi connectivity index (χ1v) is 13.3. The van der Waals surface area contributed by atoms with Gasteiger partial charge in [-0.2, -0.15) is 5.10 Å². The zero-order chi connectivity index (χ0) is 24.7. The third-order valence-electron chi connectivity index (χ3n) is 6.35. The lowest BCUT2D eigenvalue weighted by Crippen LogP contribution is -2.15. The highest BCUT2D eigenvalue weighted by Gasteiger charge is 2.32. The number of pyridine rings is 1. The fourth-order valence-electron chi connectivity index (χ4n) is 4.51. The quantitative estimate of drug-likeness (QED) is 0.454. The monoisotopic (exact) mass is 489 g/mol. The molecule has 2 aromatic carbocycles. The second kappa shape index (κ2) is 8.81. The molecular formula is C26H27N5O3S. The van der Waals surface area contributed by atoms with Crippen molar-refractivity contribution in [1.29, 1.82) is 0 Å². The number of carbonyl (C=O) groups is 1. The Morgan fingerprint density at radius 1 is 1.09 bits per heavy atom. The minimum atomic E-state index is -3.11. The van der Waals surface area contributed by atoms with Gasteiger partial charge in [0.1, 0.15) is 0 Å². The van der Waals surface area contributed by atoms with E-state index in [1.807, 2.05) is 80.5 Å². The lowest BCUT2D eigenvalue weighted by molar-refractivity contribution is 0.102. The van der Waals surface area contributed by atoms with Gasteiger partial charge in [-0.05, 0) is 43.7 Å². The predicted molar refractivity (Wildman–Crippen MR) is 139 cm³/mol. The number of aryl methyl sites for hydroxylation is 1. The fourth-order valence-corrected chi connectivity index (χ4v) is 6.21. The van der Waals surface area contributed by atoms with Crippen molar-refractivity contribution in [3.8, 4) is 11.3 Å². The molecule has 9 heteroatoms. The Morgan fingerprint density at radius 3 is 2.43 bits per heavy atom. The number of aromatic nitrogens is 3. The second-order valence-electron chi connectivity index (χ2n) is 9.10. The molecule has 1 N–H and O–H groups in total. The van der Waals surface area contributed by atoms with Gasteiger partial charge in [0.25, 0.3) is 5.91 Å². The molecule has 8 nitrogen and oxygen atoms in total. The third kappa shape index (κ3) is 4.51. The van der Waals surface area contributed by atoms with Crippen LogP contribution in [0.15, 0.2) is 60.7 Å². The van der Waals surface area contributed by atoms with Gasteiger partial charge in [-0.1, -0.05) is 30.3 Å². The highest BCUT2D eigenvalue weighted by atomic mass is 32.2. The summed E-state index contributed by atoms with van der Waals surface area (Å²) in [6.45, 7) is 1.83. The predicted octanol–water partition coefficient (Wildman–Crippen LogP) is 4.08. The van der Waals surface area contributed by atoms with Crippen molar-refractivity contribution in [1.82, 2.24) is 14.8 Å². The topological polar surface area (TPSA) is 97.2 Å². The molecule has 180 valence electrons. The molecule has 0 unspecified atom stereocenters. The van der Waals surface area contributed by atoms with E-state index in [0.717, 1.165) is 11.3 Å². The Balaban J connectivity index is 1.62. The maximum atomic E-state index is 13.5. The van der Waals surface area contributed by atoms with Crippen LogP contribution in [-0.2, 0) is 9.84 Å². The zero-order valence-electron chi connectivity index (χ0n) is 19.9. The first-order valence-electron chi connectivity index (χ1n) is 11.5. The van der Waals surface area contributed by atoms with E-state index in [-0.39, 0.29) is 23.5 Å². The summed E-state index contributed by atoms with van der Waals surface area (Å²) in [5.74, 6) is -0.110. The van der Waals surface area contributed by atoms with Gasteiger partial charge in [-0.3, -0.25) is 4.79 Å². The van der Waals surface area contributed by atoms with Crippen LogP contribution in [0.4, 0.5) is 11.4 Å². The van der Waals surface area contributed by atoms with Crippen LogP contribution in [-0.4, -0.2) is 54.7 Å². The van der Waals surface area contributed by atoms with E-state index in [1.54, 1.807) is 10.7 Å². The number of carbonyl (C=O) groups excluding carboxylic acids is 1. The lowest BCUT2D eigenvalue weighted by atomic mass is 10.0. The SMILES string of the molecule is Cc1nn([C@H]2CCS(=O)(=O)C2)c2nc(-c3ccccc3)cc(C(=O)Nc3ccc(N(C)C)cc3)c12. The van der Waals surface area contributed by atoms with Crippen LogP contribution >= 0.6 is 0 Å². The molecular weight excluding hydrogens is 462 g/mol. The molecule has 2 aromatic heterocycles. The van der Waals surface area contributed by atoms with Gasteiger partial charge in [0.05, 0.1) is 39.9 Å². The zero-order valence-corrected chi connectivity index (χ0v) is 20.7. The standard InChI is InChI=1S/C26H27N5O3S/c1-17-24-22(26(32)27-19-9-11-20(12-10-19)30(2)3)15-23(18-7-5-4-6-8-18)28-25(24)31(29-17)21-13-14-35(33,34)16-21/h4-12,15,21H,13-14,16H2,1-3H3,(H,27,32)/t21-/m0/s1. The maximum absolute atomic E-state index is 13.5. The van der Waals surface area contributed by atoms with Crippen LogP contribution in [0.3, 0.4) is 0 Å². The average Bonchev–Trinajstić information content (AvgIpc) is 3.38. The number of hydrogen-bond acceptors (Lipinski definition) is 6. The molecule has 1 amide bonds. The van der Waals surface area contributed by atoms with Gasteiger partial charge < -0.3 is 10.2 Å². The Morgan fingerprint density at radius 2 is 1.80 bits per heavy atom. The molecule has 1 aliphatic rings. The van der Waals surface area contributed by atoms with E-state index in [0.29, 0.717) is 40.1 Å². The number of amides is 1. The molecule has 1 fully saturated rings. The van der Waals surface area contributed by atoms with Crippen molar-refractivity contribution in [2.24, 2.45) is 0 Å². The van der Waals surface area contributed by atoms with Crippen LogP contribution in [0.5, 0.6) is 0 Å². The van der Waals surface area contributed by atoms with Gasteiger partial charge in [0.2, 0.25) is 0 Å². The molecule has 1 atom stereocenters. The molecule has 3 heterocycles. The van der Waals surface area contributed by atoms with Crippen molar-refractivity contribution >= 4 is 38.2 Å². The summed E-state index contributed by atoms with van der Waals surface area (Å²) >= 11 is 0. The normalized spacial score (nSPS) is 16.9. The summed E-state index contributed by atoms with van der Waals surface area (Å²) in [5, 5.41) is 8.29. The number of hydrogen-bond donors (Lipinski definition) is 1. The highest BCUT2D eigenvalue weighted by molar-refractivity contribution is 7.91. The van der Waals surface area contributed by atoms with Crippen molar-refractivity contribution < 1.29 is 13.2 Å². The lowest BCUT2D eigenvalue weighted by Gasteiger charge is -2.14. The summed E-state index contributed by atoms with van der Waals surface area (Å²) in [7, 11) is 0.808. The van der Waals surface area contributed by atoms with E-state index < -0.39 is 9.84 Å². The molecule has 0 radical (unpaired) electrons. The summed E-state index contributed by atoms with van der Waals surface area (Å²) in [6.07, 6.45) is 0.482. The first kappa shape index (κ1) is 23.0. The molecule has 1 saturated heterocycles. The summed E-state index contributed by atoms with van der Waals surface area (Å²) < 4.78 is 26.0. The molecule has 0 aliphatic carbocycles. The highest BCUT2D eigenvalue weighted by Crippen LogP contribution is 2.32.